The number of carbonyl (C=O) groups excluding carboxylic acids is 1. The molecule has 6 heteroatoms. The van der Waals surface area contributed by atoms with Gasteiger partial charge in [-0.3, -0.25) is 4.79 Å². The maximum atomic E-state index is 13.4. The van der Waals surface area contributed by atoms with Crippen LogP contribution in [0.15, 0.2) is 52.1 Å². The van der Waals surface area contributed by atoms with Crippen LogP contribution in [0, 0.1) is 28.6 Å². The summed E-state index contributed by atoms with van der Waals surface area (Å²) in [5.41, 5.74) is -0.713. The Hall–Kier alpha value is -2.63. The lowest BCUT2D eigenvalue weighted by Gasteiger charge is -2.43. The first-order chi connectivity index (χ1) is 13.4. The topological polar surface area (TPSA) is 66.0 Å². The Labute approximate surface area is 162 Å². The summed E-state index contributed by atoms with van der Waals surface area (Å²) in [4.78, 5) is 39.8. The molecule has 0 amide bonds. The Morgan fingerprint density at radius 3 is 2.36 bits per heavy atom. The van der Waals surface area contributed by atoms with E-state index in [9.17, 15) is 14.4 Å². The van der Waals surface area contributed by atoms with Crippen LogP contribution in [-0.2, 0) is 4.79 Å². The molecule has 6 nitrogen and oxygen atoms in total. The van der Waals surface area contributed by atoms with Crippen LogP contribution in [0.2, 0.25) is 0 Å². The van der Waals surface area contributed by atoms with Crippen molar-refractivity contribution in [2.45, 2.75) is 39.3 Å². The Morgan fingerprint density at radius 2 is 1.68 bits per heavy atom. The zero-order valence-corrected chi connectivity index (χ0v) is 16.2. The van der Waals surface area contributed by atoms with Gasteiger partial charge < -0.3 is 0 Å². The monoisotopic (exact) mass is 377 g/mol. The molecule has 144 valence electrons. The average Bonchev–Trinajstić information content (AvgIpc) is 3.09. The van der Waals surface area contributed by atoms with E-state index in [0.717, 1.165) is 0 Å². The molecule has 5 aliphatic rings. The van der Waals surface area contributed by atoms with Crippen LogP contribution in [-0.4, -0.2) is 19.7 Å². The van der Waals surface area contributed by atoms with Gasteiger partial charge in [0.2, 0.25) is 0 Å². The Kier molecular flexibility index (Phi) is 2.73. The highest BCUT2D eigenvalue weighted by Gasteiger charge is 2.89. The number of Topliss-reactive ketones (excluding diaryl/α,β-unsaturated/α-hetero) is 1. The largest absolute Gasteiger partial charge is 0.352 e. The highest BCUT2D eigenvalue weighted by molar-refractivity contribution is 5.94. The number of aromatic nitrogens is 3. The lowest BCUT2D eigenvalue weighted by atomic mass is 9.71. The zero-order chi connectivity index (χ0) is 19.6. The van der Waals surface area contributed by atoms with Crippen LogP contribution in [0.5, 0.6) is 0 Å². The fourth-order valence-corrected chi connectivity index (χ4v) is 7.23. The van der Waals surface area contributed by atoms with Crippen molar-refractivity contribution in [2.75, 3.05) is 0 Å². The molecule has 3 heterocycles. The first kappa shape index (κ1) is 16.3. The highest BCUT2D eigenvalue weighted by atomic mass is 16.2. The van der Waals surface area contributed by atoms with E-state index in [2.05, 4.69) is 26.8 Å². The third kappa shape index (κ3) is 1.40. The molecule has 1 aromatic heterocycles. The van der Waals surface area contributed by atoms with Crippen LogP contribution < -0.4 is 11.4 Å². The van der Waals surface area contributed by atoms with E-state index in [1.54, 1.807) is 21.5 Å². The van der Waals surface area contributed by atoms with Crippen LogP contribution >= 0.6 is 0 Å². The lowest BCUT2D eigenvalue weighted by molar-refractivity contribution is -0.123. The van der Waals surface area contributed by atoms with E-state index in [1.807, 2.05) is 24.3 Å². The lowest BCUT2D eigenvalue weighted by Crippen LogP contribution is -2.47. The normalized spacial score (nSPS) is 39.2. The number of carbonyl (C=O) groups is 1. The van der Waals surface area contributed by atoms with Crippen molar-refractivity contribution in [1.82, 2.24) is 13.9 Å². The summed E-state index contributed by atoms with van der Waals surface area (Å²) in [7, 11) is 0. The van der Waals surface area contributed by atoms with Gasteiger partial charge in [0.05, 0.1) is 17.8 Å². The van der Waals surface area contributed by atoms with Crippen molar-refractivity contribution in [3.05, 3.63) is 63.5 Å². The molecule has 0 saturated heterocycles. The van der Waals surface area contributed by atoms with Crippen LogP contribution in [0.4, 0.5) is 0 Å². The van der Waals surface area contributed by atoms with Gasteiger partial charge in [0.15, 0.2) is 0 Å². The van der Waals surface area contributed by atoms with Crippen molar-refractivity contribution >= 4 is 5.78 Å². The third-order valence-corrected chi connectivity index (χ3v) is 8.24. The van der Waals surface area contributed by atoms with Crippen molar-refractivity contribution in [3.8, 4) is 5.69 Å². The molecule has 2 fully saturated rings. The van der Waals surface area contributed by atoms with Gasteiger partial charge in [0.1, 0.15) is 5.78 Å². The van der Waals surface area contributed by atoms with Gasteiger partial charge in [-0.25, -0.2) is 23.5 Å². The Morgan fingerprint density at radius 1 is 1.00 bits per heavy atom. The number of benzene rings is 1. The average molecular weight is 377 g/mol. The molecule has 4 unspecified atom stereocenters. The smallest absolute Gasteiger partial charge is 0.299 e. The molecule has 2 aliphatic heterocycles. The van der Waals surface area contributed by atoms with E-state index in [1.165, 1.54) is 4.57 Å². The van der Waals surface area contributed by atoms with E-state index >= 15 is 0 Å². The number of hydrogen-bond donors (Lipinski definition) is 0. The maximum Gasteiger partial charge on any atom is 0.352 e. The van der Waals surface area contributed by atoms with Gasteiger partial charge in [0, 0.05) is 23.2 Å². The summed E-state index contributed by atoms with van der Waals surface area (Å²) in [6, 6.07) is 8.61. The molecule has 6 atom stereocenters. The van der Waals surface area contributed by atoms with Gasteiger partial charge in [-0.05, 0) is 24.0 Å². The molecule has 0 N–H and O–H groups in total. The number of hydrogen-bond acceptors (Lipinski definition) is 3. The molecule has 7 rings (SSSR count). The van der Waals surface area contributed by atoms with Crippen molar-refractivity contribution in [2.24, 2.45) is 28.6 Å². The van der Waals surface area contributed by atoms with Crippen molar-refractivity contribution in [1.29, 1.82) is 0 Å². The van der Waals surface area contributed by atoms with Gasteiger partial charge >= 0.3 is 11.4 Å². The molecule has 3 aliphatic carbocycles. The quantitative estimate of drug-likeness (QED) is 0.755. The van der Waals surface area contributed by atoms with E-state index in [-0.39, 0.29) is 40.7 Å². The van der Waals surface area contributed by atoms with Gasteiger partial charge in [0.25, 0.3) is 0 Å². The van der Waals surface area contributed by atoms with Crippen molar-refractivity contribution in [3.63, 3.8) is 0 Å². The predicted octanol–water partition coefficient (Wildman–Crippen LogP) is 2.33. The molecule has 2 aromatic rings. The van der Waals surface area contributed by atoms with Gasteiger partial charge in [-0.15, -0.1) is 0 Å². The minimum Gasteiger partial charge on any atom is -0.299 e. The molecule has 2 saturated carbocycles. The summed E-state index contributed by atoms with van der Waals surface area (Å²) in [6.07, 6.45) is 4.71. The molecular weight excluding hydrogens is 354 g/mol. The standard InChI is InChI=1S/C22H23N3O3/c1-12(2)14-11-17(26)21(3)18-15-9-10-16(22(14,18)21)25-20(28)23(19(27)24(15)25)13-7-5-4-6-8-13/h4-10,12,14-16,18H,11H2,1-3H3/t14-,15?,16?,18+,21?,22?/m0/s1. The van der Waals surface area contributed by atoms with Crippen molar-refractivity contribution < 1.29 is 4.79 Å². The highest BCUT2D eigenvalue weighted by Crippen LogP contribution is 2.87. The molecule has 2 bridgehead atoms. The summed E-state index contributed by atoms with van der Waals surface area (Å²) in [5, 5.41) is 0. The molecule has 1 spiro atoms. The minimum atomic E-state index is -0.441. The van der Waals surface area contributed by atoms with E-state index in [4.69, 9.17) is 0 Å². The first-order valence-electron chi connectivity index (χ1n) is 10.1. The Bertz CT molecular complexity index is 1180. The number of para-hydroxylation sites is 1. The van der Waals surface area contributed by atoms with Crippen LogP contribution in [0.3, 0.4) is 0 Å². The van der Waals surface area contributed by atoms with Crippen LogP contribution in [0.25, 0.3) is 5.69 Å². The fraction of sp³-hybridized carbons (Fsp3) is 0.500. The first-order valence-corrected chi connectivity index (χ1v) is 10.1. The van der Waals surface area contributed by atoms with Gasteiger partial charge in [-0.2, -0.15) is 0 Å². The predicted molar refractivity (Wildman–Crippen MR) is 103 cm³/mol. The molecular formula is C22H23N3O3. The third-order valence-electron chi connectivity index (χ3n) is 8.24. The molecule has 1 aromatic carbocycles. The summed E-state index contributed by atoms with van der Waals surface area (Å²) >= 11 is 0. The number of nitrogens with zero attached hydrogens (tertiary/aromatic N) is 3. The second-order valence-corrected chi connectivity index (χ2v) is 9.34. The number of rotatable bonds is 2. The molecule has 0 radical (unpaired) electrons. The van der Waals surface area contributed by atoms with Crippen LogP contribution in [0.1, 0.15) is 39.3 Å². The summed E-state index contributed by atoms with van der Waals surface area (Å²) < 4.78 is 4.53. The summed E-state index contributed by atoms with van der Waals surface area (Å²) in [6.45, 7) is 6.41. The second-order valence-electron chi connectivity index (χ2n) is 9.34. The SMILES string of the molecule is CC(C)[C@@H]1CC(=O)C2(C)[C@H]3C4C=CC(n5c(=O)n(-c6ccccc6)c(=O)n54)C312. The number of ketones is 1. The van der Waals surface area contributed by atoms with Gasteiger partial charge in [-0.1, -0.05) is 51.1 Å². The summed E-state index contributed by atoms with van der Waals surface area (Å²) in [5.74, 6) is 1.00. The maximum absolute atomic E-state index is 13.4. The Balaban J connectivity index is 1.63. The van der Waals surface area contributed by atoms with E-state index in [0.29, 0.717) is 23.8 Å². The zero-order valence-electron chi connectivity index (χ0n) is 16.2. The molecule has 28 heavy (non-hydrogen) atoms. The van der Waals surface area contributed by atoms with E-state index < -0.39 is 5.41 Å². The minimum absolute atomic E-state index is 0.104. The fourth-order valence-electron chi connectivity index (χ4n) is 7.23. The second kappa shape index (κ2) is 4.67. The number of allylic oxidation sites excluding steroid dienone is 2.